The molecular weight excluding hydrogens is 256 g/mol. The van der Waals surface area contributed by atoms with Crippen molar-refractivity contribution in [1.29, 1.82) is 0 Å². The number of halogens is 1. The van der Waals surface area contributed by atoms with Crippen LogP contribution in [0.3, 0.4) is 0 Å². The molecule has 0 aliphatic rings. The van der Waals surface area contributed by atoms with E-state index in [2.05, 4.69) is 9.97 Å². The molecule has 0 spiro atoms. The van der Waals surface area contributed by atoms with Gasteiger partial charge in [-0.25, -0.2) is 4.98 Å². The van der Waals surface area contributed by atoms with E-state index in [1.54, 1.807) is 0 Å². The minimum absolute atomic E-state index is 0.0168. The maximum atomic E-state index is 8.64. The summed E-state index contributed by atoms with van der Waals surface area (Å²) < 4.78 is 5.25. The van der Waals surface area contributed by atoms with Crippen molar-refractivity contribution < 1.29 is 9.84 Å². The molecule has 102 valence electrons. The molecule has 0 saturated carbocycles. The van der Waals surface area contributed by atoms with Gasteiger partial charge in [0.25, 0.3) is 0 Å². The Labute approximate surface area is 112 Å². The van der Waals surface area contributed by atoms with Gasteiger partial charge in [0.15, 0.2) is 5.82 Å². The molecule has 0 unspecified atom stereocenters. The van der Waals surface area contributed by atoms with Crippen molar-refractivity contribution in [3.8, 4) is 0 Å². The Kier molecular flexibility index (Phi) is 6.11. The zero-order valence-corrected chi connectivity index (χ0v) is 11.4. The van der Waals surface area contributed by atoms with Gasteiger partial charge in [0.05, 0.1) is 26.0 Å². The molecule has 0 fully saturated rings. The van der Waals surface area contributed by atoms with E-state index in [1.807, 2.05) is 18.7 Å². The Bertz CT molecular complexity index is 376. The first-order valence-corrected chi connectivity index (χ1v) is 6.17. The molecule has 0 aliphatic heterocycles. The molecule has 1 rings (SSSR count). The molecule has 6 nitrogen and oxygen atoms in total. The van der Waals surface area contributed by atoms with Crippen molar-refractivity contribution in [2.75, 3.05) is 37.0 Å². The Hall–Kier alpha value is -1.11. The lowest BCUT2D eigenvalue weighted by atomic mass is 10.3. The molecule has 7 heteroatoms. The molecule has 3 N–H and O–H groups in total. The van der Waals surface area contributed by atoms with E-state index in [-0.39, 0.29) is 18.6 Å². The molecule has 0 amide bonds. The SMILES string of the molecule is CC(C)N(CCOCCO)c1nc(N)ncc1Cl. The first-order valence-electron chi connectivity index (χ1n) is 5.79. The molecular formula is C11H19ClN4O2. The standard InChI is InChI=1S/C11H19ClN4O2/c1-8(2)16(3-5-18-6-4-17)10-9(12)7-14-11(13)15-10/h7-8,17H,3-6H2,1-2H3,(H2,13,14,15). The van der Waals surface area contributed by atoms with E-state index < -0.39 is 0 Å². The summed E-state index contributed by atoms with van der Waals surface area (Å²) in [6.45, 7) is 5.50. The summed E-state index contributed by atoms with van der Waals surface area (Å²) >= 11 is 6.07. The minimum atomic E-state index is 0.0168. The molecule has 0 aromatic carbocycles. The van der Waals surface area contributed by atoms with Gasteiger partial charge in [-0.2, -0.15) is 4.98 Å². The summed E-state index contributed by atoms with van der Waals surface area (Å²) in [5.41, 5.74) is 5.57. The van der Waals surface area contributed by atoms with Crippen LogP contribution in [0.1, 0.15) is 13.8 Å². The lowest BCUT2D eigenvalue weighted by Crippen LogP contribution is -2.35. The van der Waals surface area contributed by atoms with Gasteiger partial charge in [-0.15, -0.1) is 0 Å². The van der Waals surface area contributed by atoms with Crippen LogP contribution in [0.15, 0.2) is 6.20 Å². The molecule has 18 heavy (non-hydrogen) atoms. The topological polar surface area (TPSA) is 84.5 Å². The lowest BCUT2D eigenvalue weighted by Gasteiger charge is -2.28. The number of ether oxygens (including phenoxy) is 1. The van der Waals surface area contributed by atoms with Gasteiger partial charge in [0, 0.05) is 12.6 Å². The van der Waals surface area contributed by atoms with E-state index in [0.29, 0.717) is 30.6 Å². The number of aliphatic hydroxyl groups excluding tert-OH is 1. The maximum Gasteiger partial charge on any atom is 0.222 e. The first kappa shape index (κ1) is 14.9. The predicted molar refractivity (Wildman–Crippen MR) is 71.8 cm³/mol. The highest BCUT2D eigenvalue weighted by Gasteiger charge is 2.16. The molecule has 1 aromatic rings. The second-order valence-electron chi connectivity index (χ2n) is 4.02. The molecule has 0 radical (unpaired) electrons. The van der Waals surface area contributed by atoms with Crippen LogP contribution in [0.5, 0.6) is 0 Å². The van der Waals surface area contributed by atoms with E-state index in [0.717, 1.165) is 0 Å². The monoisotopic (exact) mass is 274 g/mol. The highest BCUT2D eigenvalue weighted by molar-refractivity contribution is 6.32. The number of hydrogen-bond acceptors (Lipinski definition) is 6. The quantitative estimate of drug-likeness (QED) is 0.720. The highest BCUT2D eigenvalue weighted by atomic mass is 35.5. The predicted octanol–water partition coefficient (Wildman–Crippen LogP) is 0.936. The Balaban J connectivity index is 2.74. The average Bonchev–Trinajstić information content (AvgIpc) is 2.32. The van der Waals surface area contributed by atoms with Crippen molar-refractivity contribution in [3.05, 3.63) is 11.2 Å². The van der Waals surface area contributed by atoms with Crippen LogP contribution in [0.4, 0.5) is 11.8 Å². The molecule has 0 aliphatic carbocycles. The van der Waals surface area contributed by atoms with Gasteiger partial charge >= 0.3 is 0 Å². The summed E-state index contributed by atoms with van der Waals surface area (Å²) in [4.78, 5) is 9.97. The average molecular weight is 275 g/mol. The number of nitrogen functional groups attached to an aromatic ring is 1. The largest absolute Gasteiger partial charge is 0.394 e. The van der Waals surface area contributed by atoms with Crippen molar-refractivity contribution in [3.63, 3.8) is 0 Å². The van der Waals surface area contributed by atoms with Crippen LogP contribution >= 0.6 is 11.6 Å². The van der Waals surface area contributed by atoms with E-state index in [4.69, 9.17) is 27.2 Å². The summed E-state index contributed by atoms with van der Waals surface area (Å²) in [5, 5.41) is 9.10. The van der Waals surface area contributed by atoms with Gasteiger partial charge < -0.3 is 20.5 Å². The third-order valence-electron chi connectivity index (χ3n) is 2.35. The normalized spacial score (nSPS) is 10.9. The minimum Gasteiger partial charge on any atom is -0.394 e. The molecule has 1 heterocycles. The molecule has 0 atom stereocenters. The van der Waals surface area contributed by atoms with E-state index >= 15 is 0 Å². The number of nitrogens with two attached hydrogens (primary N) is 1. The zero-order valence-electron chi connectivity index (χ0n) is 10.6. The first-order chi connectivity index (χ1) is 8.56. The van der Waals surface area contributed by atoms with Crippen molar-refractivity contribution in [1.82, 2.24) is 9.97 Å². The number of aliphatic hydroxyl groups is 1. The number of aromatic nitrogens is 2. The van der Waals surface area contributed by atoms with Gasteiger partial charge in [0.2, 0.25) is 5.95 Å². The maximum absolute atomic E-state index is 8.64. The van der Waals surface area contributed by atoms with Crippen molar-refractivity contribution >= 4 is 23.4 Å². The van der Waals surface area contributed by atoms with Crippen LogP contribution in [-0.2, 0) is 4.74 Å². The second-order valence-corrected chi connectivity index (χ2v) is 4.43. The van der Waals surface area contributed by atoms with E-state index in [1.165, 1.54) is 6.20 Å². The molecule has 0 bridgehead atoms. The number of nitrogens with zero attached hydrogens (tertiary/aromatic N) is 3. The third-order valence-corrected chi connectivity index (χ3v) is 2.62. The fraction of sp³-hybridized carbons (Fsp3) is 0.636. The van der Waals surface area contributed by atoms with Crippen molar-refractivity contribution in [2.45, 2.75) is 19.9 Å². The molecule has 1 aromatic heterocycles. The third kappa shape index (κ3) is 4.29. The van der Waals surface area contributed by atoms with Crippen LogP contribution < -0.4 is 10.6 Å². The number of hydrogen-bond donors (Lipinski definition) is 2. The lowest BCUT2D eigenvalue weighted by molar-refractivity contribution is 0.0960. The number of anilines is 2. The Morgan fingerprint density at radius 3 is 2.83 bits per heavy atom. The highest BCUT2D eigenvalue weighted by Crippen LogP contribution is 2.24. The number of rotatable bonds is 7. The summed E-state index contributed by atoms with van der Waals surface area (Å²) in [6.07, 6.45) is 1.49. The second kappa shape index (κ2) is 7.35. The summed E-state index contributed by atoms with van der Waals surface area (Å²) in [6, 6.07) is 0.203. The van der Waals surface area contributed by atoms with Crippen LogP contribution in [-0.4, -0.2) is 47.5 Å². The van der Waals surface area contributed by atoms with Gasteiger partial charge in [0.1, 0.15) is 5.02 Å². The van der Waals surface area contributed by atoms with Crippen LogP contribution in [0.2, 0.25) is 5.02 Å². The van der Waals surface area contributed by atoms with Gasteiger partial charge in [-0.1, -0.05) is 11.6 Å². The van der Waals surface area contributed by atoms with Crippen LogP contribution in [0.25, 0.3) is 0 Å². The fourth-order valence-corrected chi connectivity index (χ4v) is 1.71. The zero-order chi connectivity index (χ0) is 13.5. The summed E-state index contributed by atoms with van der Waals surface area (Å²) in [5.74, 6) is 0.795. The van der Waals surface area contributed by atoms with E-state index in [9.17, 15) is 0 Å². The van der Waals surface area contributed by atoms with Crippen molar-refractivity contribution in [2.24, 2.45) is 0 Å². The van der Waals surface area contributed by atoms with Gasteiger partial charge in [-0.05, 0) is 13.8 Å². The Morgan fingerprint density at radius 2 is 2.22 bits per heavy atom. The Morgan fingerprint density at radius 1 is 1.50 bits per heavy atom. The summed E-state index contributed by atoms with van der Waals surface area (Å²) in [7, 11) is 0. The fourth-order valence-electron chi connectivity index (χ4n) is 1.51. The molecule has 0 saturated heterocycles. The van der Waals surface area contributed by atoms with Crippen LogP contribution in [0, 0.1) is 0 Å². The smallest absolute Gasteiger partial charge is 0.222 e. The van der Waals surface area contributed by atoms with Gasteiger partial charge in [-0.3, -0.25) is 0 Å².